The van der Waals surface area contributed by atoms with E-state index in [1.807, 2.05) is 43.3 Å². The average Bonchev–Trinajstić information content (AvgIpc) is 2.71. The number of hydrogen-bond acceptors (Lipinski definition) is 7. The van der Waals surface area contributed by atoms with E-state index in [4.69, 9.17) is 4.74 Å². The summed E-state index contributed by atoms with van der Waals surface area (Å²) >= 11 is 2.86. The Morgan fingerprint density at radius 3 is 2.81 bits per heavy atom. The number of esters is 1. The highest BCUT2D eigenvalue weighted by atomic mass is 32.2. The van der Waals surface area contributed by atoms with Gasteiger partial charge in [-0.3, -0.25) is 9.59 Å². The molecule has 2 aromatic rings. The van der Waals surface area contributed by atoms with Gasteiger partial charge in [-0.2, -0.15) is 0 Å². The number of methoxy groups -OCH3 is 1. The van der Waals surface area contributed by atoms with E-state index in [2.05, 4.69) is 9.97 Å². The molecule has 1 saturated heterocycles. The van der Waals surface area contributed by atoms with Gasteiger partial charge >= 0.3 is 5.97 Å². The van der Waals surface area contributed by atoms with E-state index in [1.54, 1.807) is 4.90 Å². The lowest BCUT2D eigenvalue weighted by Crippen LogP contribution is -2.45. The number of carbonyl (C=O) groups excluding carboxylic acids is 2. The predicted molar refractivity (Wildman–Crippen MR) is 108 cm³/mol. The molecule has 1 aromatic heterocycles. The summed E-state index contributed by atoms with van der Waals surface area (Å²) in [4.78, 5) is 35.0. The molecule has 8 heteroatoms. The van der Waals surface area contributed by atoms with Gasteiger partial charge in [0.25, 0.3) is 0 Å². The molecule has 27 heavy (non-hydrogen) atoms. The lowest BCUT2D eigenvalue weighted by molar-refractivity contribution is -0.141. The van der Waals surface area contributed by atoms with Gasteiger partial charge in [-0.1, -0.05) is 42.1 Å². The van der Waals surface area contributed by atoms with Crippen molar-refractivity contribution in [1.82, 2.24) is 14.9 Å². The Morgan fingerprint density at radius 1 is 1.30 bits per heavy atom. The summed E-state index contributed by atoms with van der Waals surface area (Å²) in [5, 5.41) is 0.274. The van der Waals surface area contributed by atoms with Crippen LogP contribution in [0, 0.1) is 6.92 Å². The molecule has 142 valence electrons. The zero-order chi connectivity index (χ0) is 19.2. The van der Waals surface area contributed by atoms with E-state index in [0.29, 0.717) is 18.2 Å². The van der Waals surface area contributed by atoms with Gasteiger partial charge in [0.2, 0.25) is 5.91 Å². The minimum atomic E-state index is -0.308. The van der Waals surface area contributed by atoms with E-state index in [9.17, 15) is 9.59 Å². The number of carbonyl (C=O) groups is 2. The molecule has 1 aliphatic heterocycles. The largest absolute Gasteiger partial charge is 0.468 e. The van der Waals surface area contributed by atoms with Gasteiger partial charge in [0.15, 0.2) is 5.16 Å². The summed E-state index contributed by atoms with van der Waals surface area (Å²) < 4.78 is 4.79. The van der Waals surface area contributed by atoms with Gasteiger partial charge in [-0.05, 0) is 13.0 Å². The Hall–Kier alpha value is -2.06. The highest BCUT2D eigenvalue weighted by Crippen LogP contribution is 2.24. The van der Waals surface area contributed by atoms with E-state index in [-0.39, 0.29) is 22.9 Å². The fourth-order valence-corrected chi connectivity index (χ4v) is 4.66. The molecule has 6 nitrogen and oxygen atoms in total. The van der Waals surface area contributed by atoms with Crippen LogP contribution in [0.15, 0.2) is 41.6 Å². The lowest BCUT2D eigenvalue weighted by atomic mass is 10.1. The Bertz CT molecular complexity index is 817. The third kappa shape index (κ3) is 5.23. The van der Waals surface area contributed by atoms with E-state index >= 15 is 0 Å². The molecule has 0 bridgehead atoms. The van der Waals surface area contributed by atoms with E-state index < -0.39 is 0 Å². The molecular formula is C19H21N3O3S2. The maximum Gasteiger partial charge on any atom is 0.320 e. The van der Waals surface area contributed by atoms with Crippen LogP contribution in [-0.2, 0) is 14.3 Å². The second-order valence-electron chi connectivity index (χ2n) is 6.05. The smallest absolute Gasteiger partial charge is 0.320 e. The maximum atomic E-state index is 12.6. The summed E-state index contributed by atoms with van der Waals surface area (Å²) in [6, 6.07) is 11.8. The molecule has 0 N–H and O–H groups in total. The lowest BCUT2D eigenvalue weighted by Gasteiger charge is -2.30. The number of rotatable bonds is 5. The van der Waals surface area contributed by atoms with Crippen LogP contribution in [0.25, 0.3) is 11.3 Å². The summed E-state index contributed by atoms with van der Waals surface area (Å²) in [5.74, 6) is 0.686. The van der Waals surface area contributed by atoms with Crippen molar-refractivity contribution in [2.75, 3.05) is 31.7 Å². The van der Waals surface area contributed by atoms with Crippen molar-refractivity contribution in [2.24, 2.45) is 0 Å². The molecule has 1 aromatic carbocycles. The number of ether oxygens (including phenoxy) is 1. The zero-order valence-electron chi connectivity index (χ0n) is 15.3. The number of thioether (sulfide) groups is 2. The van der Waals surface area contributed by atoms with Gasteiger partial charge in [0.1, 0.15) is 5.25 Å². The fraction of sp³-hybridized carbons (Fsp3) is 0.368. The molecule has 0 aliphatic carbocycles. The molecule has 1 amide bonds. The standard InChI is InChI=1S/C19H21N3O3S2/c1-13-10-15(14-6-4-3-5-7-14)21-19(20-13)27-12-17(23)22-8-9-26-16(11-22)18(24)25-2/h3-7,10,16H,8-9,11-12H2,1-2H3/t16-/m1/s1. The Balaban J connectivity index is 1.63. The van der Waals surface area contributed by atoms with Crippen molar-refractivity contribution in [2.45, 2.75) is 17.3 Å². The van der Waals surface area contributed by atoms with Crippen LogP contribution in [0.4, 0.5) is 0 Å². The Morgan fingerprint density at radius 2 is 2.07 bits per heavy atom. The summed E-state index contributed by atoms with van der Waals surface area (Å²) in [7, 11) is 1.37. The number of nitrogens with zero attached hydrogens (tertiary/aromatic N) is 3. The minimum Gasteiger partial charge on any atom is -0.468 e. The van der Waals surface area contributed by atoms with Crippen LogP contribution >= 0.6 is 23.5 Å². The molecule has 2 heterocycles. The molecular weight excluding hydrogens is 382 g/mol. The third-order valence-corrected chi connectivity index (χ3v) is 6.11. The van der Waals surface area contributed by atoms with Crippen molar-refractivity contribution in [3.63, 3.8) is 0 Å². The first kappa shape index (κ1) is 19.7. The van der Waals surface area contributed by atoms with E-state index in [0.717, 1.165) is 22.7 Å². The van der Waals surface area contributed by atoms with Crippen LogP contribution in [0.5, 0.6) is 0 Å². The predicted octanol–water partition coefficient (Wildman–Crippen LogP) is 2.66. The summed E-state index contributed by atoms with van der Waals surface area (Å²) in [6.45, 7) is 2.95. The maximum absolute atomic E-state index is 12.6. The second kappa shape index (κ2) is 9.23. The number of hydrogen-bond donors (Lipinski definition) is 0. The van der Waals surface area contributed by atoms with Crippen LogP contribution in [0.3, 0.4) is 0 Å². The third-order valence-electron chi connectivity index (χ3n) is 4.11. The van der Waals surface area contributed by atoms with Gasteiger partial charge in [0.05, 0.1) is 18.6 Å². The minimum absolute atomic E-state index is 0.0134. The molecule has 1 fully saturated rings. The Labute approximate surface area is 167 Å². The number of amides is 1. The van der Waals surface area contributed by atoms with Crippen LogP contribution < -0.4 is 0 Å². The average molecular weight is 404 g/mol. The number of aromatic nitrogens is 2. The monoisotopic (exact) mass is 403 g/mol. The quantitative estimate of drug-likeness (QED) is 0.432. The van der Waals surface area contributed by atoms with Gasteiger partial charge in [-0.25, -0.2) is 9.97 Å². The molecule has 1 aliphatic rings. The second-order valence-corrected chi connectivity index (χ2v) is 8.31. The van der Waals surface area contributed by atoms with Crippen LogP contribution in [0.1, 0.15) is 5.69 Å². The van der Waals surface area contributed by atoms with Gasteiger partial charge < -0.3 is 9.64 Å². The number of benzene rings is 1. The molecule has 3 rings (SSSR count). The Kier molecular flexibility index (Phi) is 6.73. The van der Waals surface area contributed by atoms with Crippen molar-refractivity contribution in [1.29, 1.82) is 0 Å². The highest BCUT2D eigenvalue weighted by Gasteiger charge is 2.29. The van der Waals surface area contributed by atoms with Crippen molar-refractivity contribution in [3.8, 4) is 11.3 Å². The first-order chi connectivity index (χ1) is 13.1. The van der Waals surface area contributed by atoms with Gasteiger partial charge in [-0.15, -0.1) is 11.8 Å². The zero-order valence-corrected chi connectivity index (χ0v) is 16.9. The van der Waals surface area contributed by atoms with Crippen LogP contribution in [-0.4, -0.2) is 63.7 Å². The van der Waals surface area contributed by atoms with Crippen molar-refractivity contribution < 1.29 is 14.3 Å². The van der Waals surface area contributed by atoms with E-state index in [1.165, 1.54) is 30.6 Å². The molecule has 0 unspecified atom stereocenters. The molecule has 0 radical (unpaired) electrons. The SMILES string of the molecule is COC(=O)[C@H]1CN(C(=O)CSc2nc(C)cc(-c3ccccc3)n2)CCS1. The first-order valence-corrected chi connectivity index (χ1v) is 10.6. The highest BCUT2D eigenvalue weighted by molar-refractivity contribution is 8.00. The summed E-state index contributed by atoms with van der Waals surface area (Å²) in [5.41, 5.74) is 2.72. The van der Waals surface area contributed by atoms with Crippen molar-refractivity contribution in [3.05, 3.63) is 42.1 Å². The molecule has 0 saturated carbocycles. The fourth-order valence-electron chi connectivity index (χ4n) is 2.73. The van der Waals surface area contributed by atoms with Gasteiger partial charge in [0, 0.05) is 30.1 Å². The topological polar surface area (TPSA) is 72.4 Å². The molecule has 0 spiro atoms. The molecule has 1 atom stereocenters. The normalized spacial score (nSPS) is 16.8. The van der Waals surface area contributed by atoms with Crippen LogP contribution in [0.2, 0.25) is 0 Å². The van der Waals surface area contributed by atoms with Crippen molar-refractivity contribution >= 4 is 35.4 Å². The number of aryl methyl sites for hydroxylation is 1. The summed E-state index contributed by atoms with van der Waals surface area (Å²) in [6.07, 6.45) is 0. The first-order valence-electron chi connectivity index (χ1n) is 8.58.